The molecule has 0 radical (unpaired) electrons. The Hall–Kier alpha value is -4.04. The van der Waals surface area contributed by atoms with E-state index >= 15 is 0 Å². The van der Waals surface area contributed by atoms with Crippen LogP contribution in [0.15, 0.2) is 64.3 Å². The number of fused-ring (bicyclic) bond motifs is 1. The number of amides is 1. The van der Waals surface area contributed by atoms with Crippen LogP contribution in [-0.2, 0) is 10.0 Å². The maximum absolute atomic E-state index is 13.3. The van der Waals surface area contributed by atoms with Crippen molar-refractivity contribution in [2.45, 2.75) is 24.2 Å². The van der Waals surface area contributed by atoms with Crippen LogP contribution < -0.4 is 16.2 Å². The minimum absolute atomic E-state index is 0.0453. The molecule has 1 aliphatic heterocycles. The monoisotopic (exact) mass is 616 g/mol. The van der Waals surface area contributed by atoms with Crippen LogP contribution in [0.4, 0.5) is 23.0 Å². The topological polar surface area (TPSA) is 167 Å². The molecule has 212 valence electrons. The van der Waals surface area contributed by atoms with Gasteiger partial charge in [0.25, 0.3) is 17.2 Å². The van der Waals surface area contributed by atoms with E-state index in [1.54, 1.807) is 6.07 Å². The highest BCUT2D eigenvalue weighted by atomic mass is 35.5. The number of aromatic nitrogens is 2. The van der Waals surface area contributed by atoms with Gasteiger partial charge in [0.15, 0.2) is 0 Å². The molecule has 15 heteroatoms. The van der Waals surface area contributed by atoms with E-state index in [0.717, 1.165) is 31.4 Å². The smallest absolute Gasteiger partial charge is 0.271 e. The molecule has 3 aromatic carbocycles. The second kappa shape index (κ2) is 11.4. The normalized spacial score (nSPS) is 14.1. The molecule has 0 atom stereocenters. The Kier molecular flexibility index (Phi) is 7.95. The zero-order valence-electron chi connectivity index (χ0n) is 21.2. The van der Waals surface area contributed by atoms with E-state index in [4.69, 9.17) is 23.2 Å². The number of aromatic amines is 1. The maximum Gasteiger partial charge on any atom is 0.271 e. The lowest BCUT2D eigenvalue weighted by Crippen LogP contribution is -2.35. The zero-order valence-corrected chi connectivity index (χ0v) is 23.5. The van der Waals surface area contributed by atoms with Gasteiger partial charge in [-0.1, -0.05) is 29.6 Å². The van der Waals surface area contributed by atoms with E-state index < -0.39 is 32.1 Å². The number of rotatable bonds is 7. The summed E-state index contributed by atoms with van der Waals surface area (Å²) in [4.78, 5) is 44.0. The Morgan fingerprint density at radius 3 is 2.32 bits per heavy atom. The number of halogens is 2. The number of H-pyrrole nitrogens is 1. The molecule has 1 aliphatic rings. The van der Waals surface area contributed by atoms with E-state index in [1.807, 2.05) is 0 Å². The van der Waals surface area contributed by atoms with E-state index in [-0.39, 0.29) is 38.0 Å². The number of sulfonamides is 1. The minimum atomic E-state index is -3.67. The van der Waals surface area contributed by atoms with Gasteiger partial charge in [0.1, 0.15) is 0 Å². The summed E-state index contributed by atoms with van der Waals surface area (Å²) in [5, 5.41) is 17.4. The molecule has 41 heavy (non-hydrogen) atoms. The average Bonchev–Trinajstić information content (AvgIpc) is 2.95. The lowest BCUT2D eigenvalue weighted by Gasteiger charge is -2.25. The first-order valence-corrected chi connectivity index (χ1v) is 14.6. The van der Waals surface area contributed by atoms with Crippen molar-refractivity contribution in [3.63, 3.8) is 0 Å². The lowest BCUT2D eigenvalue weighted by atomic mass is 10.1. The van der Waals surface area contributed by atoms with Crippen LogP contribution in [0.5, 0.6) is 0 Å². The predicted octanol–water partition coefficient (Wildman–Crippen LogP) is 5.31. The molecule has 0 saturated carbocycles. The van der Waals surface area contributed by atoms with E-state index in [0.29, 0.717) is 23.8 Å². The Labute approximate surface area is 243 Å². The number of hydrogen-bond acceptors (Lipinski definition) is 8. The number of carbonyl (C=O) groups is 1. The van der Waals surface area contributed by atoms with E-state index in [2.05, 4.69) is 20.6 Å². The number of nitrogens with one attached hydrogen (secondary N) is 3. The average molecular weight is 617 g/mol. The van der Waals surface area contributed by atoms with Gasteiger partial charge in [-0.3, -0.25) is 24.7 Å². The zero-order chi connectivity index (χ0) is 29.3. The molecule has 0 bridgehead atoms. The summed E-state index contributed by atoms with van der Waals surface area (Å²) in [6, 6.07) is 12.3. The van der Waals surface area contributed by atoms with Crippen LogP contribution in [0, 0.1) is 10.1 Å². The van der Waals surface area contributed by atoms with Gasteiger partial charge in [0.2, 0.25) is 16.0 Å². The molecular weight excluding hydrogens is 595 g/mol. The molecule has 0 spiro atoms. The second-order valence-electron chi connectivity index (χ2n) is 9.26. The van der Waals surface area contributed by atoms with Crippen molar-refractivity contribution in [3.8, 4) is 0 Å². The number of nitro benzene ring substituents is 1. The molecule has 12 nitrogen and oxygen atoms in total. The second-order valence-corrected chi connectivity index (χ2v) is 12.0. The highest BCUT2D eigenvalue weighted by molar-refractivity contribution is 7.89. The first kappa shape index (κ1) is 28.5. The van der Waals surface area contributed by atoms with Gasteiger partial charge in [-0.2, -0.15) is 4.31 Å². The molecule has 2 heterocycles. The summed E-state index contributed by atoms with van der Waals surface area (Å²) in [6.07, 6.45) is 2.58. The Bertz CT molecular complexity index is 1840. The number of anilines is 3. The Balaban J connectivity index is 1.47. The molecule has 0 aliphatic carbocycles. The third-order valence-corrected chi connectivity index (χ3v) is 9.15. The summed E-state index contributed by atoms with van der Waals surface area (Å²) in [5.74, 6) is -0.833. The van der Waals surface area contributed by atoms with Gasteiger partial charge < -0.3 is 10.6 Å². The predicted molar refractivity (Wildman–Crippen MR) is 156 cm³/mol. The fourth-order valence-electron chi connectivity index (χ4n) is 4.44. The molecular formula is C26H22Cl2N6O6S. The third-order valence-electron chi connectivity index (χ3n) is 6.50. The highest BCUT2D eigenvalue weighted by Gasteiger charge is 2.26. The molecule has 5 rings (SSSR count). The number of carbonyl (C=O) groups excluding carboxylic acids is 1. The van der Waals surface area contributed by atoms with Crippen molar-refractivity contribution < 1.29 is 18.1 Å². The summed E-state index contributed by atoms with van der Waals surface area (Å²) in [6.45, 7) is 0.906. The summed E-state index contributed by atoms with van der Waals surface area (Å²) in [7, 11) is -3.67. The van der Waals surface area contributed by atoms with Gasteiger partial charge in [0, 0.05) is 36.6 Å². The SMILES string of the molecule is O=C(Nc1ccc(S(=O)(=O)N2CCCCC2)cc1)c1cc([N+](=O)[O-])cc2c(=O)[nH]c(Nc3ccc(Cl)c(Cl)c3)nc12. The van der Waals surface area contributed by atoms with Crippen LogP contribution in [0.3, 0.4) is 0 Å². The molecule has 4 aromatic rings. The number of non-ortho nitro benzene ring substituents is 1. The molecule has 1 saturated heterocycles. The van der Waals surface area contributed by atoms with Crippen molar-refractivity contribution in [2.75, 3.05) is 23.7 Å². The molecule has 1 amide bonds. The van der Waals surface area contributed by atoms with E-state index in [1.165, 1.54) is 40.7 Å². The van der Waals surface area contributed by atoms with Crippen molar-refractivity contribution in [2.24, 2.45) is 0 Å². The highest BCUT2D eigenvalue weighted by Crippen LogP contribution is 2.28. The molecule has 0 unspecified atom stereocenters. The molecule has 1 fully saturated rings. The number of piperidine rings is 1. The fourth-order valence-corrected chi connectivity index (χ4v) is 6.25. The van der Waals surface area contributed by atoms with Crippen molar-refractivity contribution in [1.82, 2.24) is 14.3 Å². The van der Waals surface area contributed by atoms with Crippen LogP contribution in [0.2, 0.25) is 10.0 Å². The van der Waals surface area contributed by atoms with Crippen LogP contribution in [-0.4, -0.2) is 46.6 Å². The maximum atomic E-state index is 13.3. The van der Waals surface area contributed by atoms with E-state index in [9.17, 15) is 28.1 Å². The quantitative estimate of drug-likeness (QED) is 0.185. The number of hydrogen-bond donors (Lipinski definition) is 3. The summed E-state index contributed by atoms with van der Waals surface area (Å²) >= 11 is 12.0. The Morgan fingerprint density at radius 1 is 0.976 bits per heavy atom. The summed E-state index contributed by atoms with van der Waals surface area (Å²) in [5.41, 5.74) is -0.849. The largest absolute Gasteiger partial charge is 0.326 e. The lowest BCUT2D eigenvalue weighted by molar-refractivity contribution is -0.384. The van der Waals surface area contributed by atoms with Crippen LogP contribution in [0.25, 0.3) is 10.9 Å². The van der Waals surface area contributed by atoms with Crippen molar-refractivity contribution in [3.05, 3.63) is 90.7 Å². The van der Waals surface area contributed by atoms with Gasteiger partial charge in [0.05, 0.1) is 36.3 Å². The molecule has 1 aromatic heterocycles. The van der Waals surface area contributed by atoms with Gasteiger partial charge in [-0.15, -0.1) is 0 Å². The number of nitro groups is 1. The first-order chi connectivity index (χ1) is 19.5. The first-order valence-electron chi connectivity index (χ1n) is 12.4. The fraction of sp³-hybridized carbons (Fsp3) is 0.192. The van der Waals surface area contributed by atoms with Crippen molar-refractivity contribution in [1.29, 1.82) is 0 Å². The third kappa shape index (κ3) is 6.03. The van der Waals surface area contributed by atoms with Gasteiger partial charge in [-0.05, 0) is 55.3 Å². The Morgan fingerprint density at radius 2 is 1.66 bits per heavy atom. The van der Waals surface area contributed by atoms with Gasteiger partial charge >= 0.3 is 0 Å². The number of benzene rings is 3. The van der Waals surface area contributed by atoms with Crippen LogP contribution in [0.1, 0.15) is 29.6 Å². The van der Waals surface area contributed by atoms with Crippen LogP contribution >= 0.6 is 23.2 Å². The summed E-state index contributed by atoms with van der Waals surface area (Å²) < 4.78 is 27.3. The molecule has 3 N–H and O–H groups in total. The number of nitrogens with zero attached hydrogens (tertiary/aromatic N) is 3. The minimum Gasteiger partial charge on any atom is -0.326 e. The van der Waals surface area contributed by atoms with Crippen molar-refractivity contribution >= 4 is 73.0 Å². The van der Waals surface area contributed by atoms with Gasteiger partial charge in [-0.25, -0.2) is 13.4 Å². The standard InChI is InChI=1S/C26H22Cl2N6O6S/c27-21-9-6-16(12-22(21)28)30-26-31-23-19(13-17(34(37)38)14-20(23)25(36)32-26)24(35)29-15-4-7-18(8-5-15)41(39,40)33-10-2-1-3-11-33/h4-9,12-14H,1-3,10-11H2,(H,29,35)(H2,30,31,32,36).